The van der Waals surface area contributed by atoms with E-state index in [1.807, 2.05) is 6.33 Å². The second kappa shape index (κ2) is 5.80. The van der Waals surface area contributed by atoms with Crippen molar-refractivity contribution in [3.05, 3.63) is 12.7 Å². The number of hydrogen-bond donors (Lipinski definition) is 1. The van der Waals surface area contributed by atoms with Gasteiger partial charge in [-0.2, -0.15) is 5.10 Å². The van der Waals surface area contributed by atoms with Gasteiger partial charge in [-0.25, -0.2) is 9.67 Å². The summed E-state index contributed by atoms with van der Waals surface area (Å²) in [4.78, 5) is 6.79. The fourth-order valence-corrected chi connectivity index (χ4v) is 3.41. The van der Waals surface area contributed by atoms with Crippen LogP contribution >= 0.6 is 0 Å². The van der Waals surface area contributed by atoms with Gasteiger partial charge in [0.05, 0.1) is 6.04 Å². The molecule has 5 heteroatoms. The van der Waals surface area contributed by atoms with Crippen molar-refractivity contribution in [2.45, 2.75) is 44.2 Å². The monoisotopic (exact) mass is 249 g/mol. The topological polar surface area (TPSA) is 46.0 Å². The minimum Gasteiger partial charge on any atom is -0.314 e. The molecule has 1 aliphatic carbocycles. The van der Waals surface area contributed by atoms with Gasteiger partial charge >= 0.3 is 0 Å². The van der Waals surface area contributed by atoms with E-state index >= 15 is 0 Å². The van der Waals surface area contributed by atoms with Gasteiger partial charge in [0.2, 0.25) is 0 Å². The Morgan fingerprint density at radius 2 is 1.78 bits per heavy atom. The fraction of sp³-hybridized carbons (Fsp3) is 0.846. The van der Waals surface area contributed by atoms with Gasteiger partial charge in [-0.15, -0.1) is 0 Å². The molecule has 0 bridgehead atoms. The Kier molecular flexibility index (Phi) is 3.90. The molecule has 1 saturated carbocycles. The Bertz CT molecular complexity index is 344. The number of nitrogens with zero attached hydrogens (tertiary/aromatic N) is 4. The molecule has 1 aliphatic heterocycles. The lowest BCUT2D eigenvalue weighted by atomic mass is 10.0. The summed E-state index contributed by atoms with van der Waals surface area (Å²) in [6, 6.07) is 1.17. The van der Waals surface area contributed by atoms with Crippen molar-refractivity contribution in [3.63, 3.8) is 0 Å². The van der Waals surface area contributed by atoms with Gasteiger partial charge in [0.15, 0.2) is 0 Å². The standard InChI is InChI=1S/C13H23N5/c1-2-4-12(17-8-6-14-7-9-17)13(5-3-1)18-11-15-10-16-18/h10-14H,1-9H2. The third-order valence-corrected chi connectivity index (χ3v) is 4.34. The van der Waals surface area contributed by atoms with Crippen LogP contribution in [0.2, 0.25) is 0 Å². The predicted octanol–water partition coefficient (Wildman–Crippen LogP) is 1.06. The first-order valence-electron chi connectivity index (χ1n) is 7.24. The molecule has 0 amide bonds. The van der Waals surface area contributed by atoms with Crippen molar-refractivity contribution < 1.29 is 0 Å². The second-order valence-corrected chi connectivity index (χ2v) is 5.43. The highest BCUT2D eigenvalue weighted by molar-refractivity contribution is 4.87. The van der Waals surface area contributed by atoms with Gasteiger partial charge in [-0.1, -0.05) is 19.3 Å². The molecule has 2 atom stereocenters. The quantitative estimate of drug-likeness (QED) is 0.796. The molecule has 1 N–H and O–H groups in total. The van der Waals surface area contributed by atoms with Crippen LogP contribution in [0, 0.1) is 0 Å². The van der Waals surface area contributed by atoms with Gasteiger partial charge in [0.25, 0.3) is 0 Å². The molecule has 1 aromatic rings. The first kappa shape index (κ1) is 12.1. The Morgan fingerprint density at radius 3 is 2.50 bits per heavy atom. The highest BCUT2D eigenvalue weighted by Crippen LogP contribution is 2.30. The van der Waals surface area contributed by atoms with E-state index in [-0.39, 0.29) is 0 Å². The molecular weight excluding hydrogens is 226 g/mol. The van der Waals surface area contributed by atoms with Gasteiger partial charge in [-0.05, 0) is 12.8 Å². The Hall–Kier alpha value is -0.940. The normalized spacial score (nSPS) is 31.1. The summed E-state index contributed by atoms with van der Waals surface area (Å²) in [6.45, 7) is 4.60. The van der Waals surface area contributed by atoms with Crippen LogP contribution < -0.4 is 5.32 Å². The number of aromatic nitrogens is 3. The average Bonchev–Trinajstić information content (AvgIpc) is 2.84. The third-order valence-electron chi connectivity index (χ3n) is 4.34. The van der Waals surface area contributed by atoms with Crippen LogP contribution in [-0.2, 0) is 0 Å². The molecule has 2 aliphatic rings. The smallest absolute Gasteiger partial charge is 0.137 e. The summed E-state index contributed by atoms with van der Waals surface area (Å²) < 4.78 is 2.10. The van der Waals surface area contributed by atoms with Crippen molar-refractivity contribution in [1.82, 2.24) is 25.0 Å². The number of nitrogens with one attached hydrogen (secondary N) is 1. The largest absolute Gasteiger partial charge is 0.314 e. The number of piperazine rings is 1. The molecule has 2 heterocycles. The predicted molar refractivity (Wildman–Crippen MR) is 70.4 cm³/mol. The van der Waals surface area contributed by atoms with E-state index < -0.39 is 0 Å². The van der Waals surface area contributed by atoms with Gasteiger partial charge in [0, 0.05) is 32.2 Å². The molecular formula is C13H23N5. The molecule has 1 aromatic heterocycles. The molecule has 2 unspecified atom stereocenters. The van der Waals surface area contributed by atoms with Crippen LogP contribution in [0.15, 0.2) is 12.7 Å². The van der Waals surface area contributed by atoms with Crippen molar-refractivity contribution in [2.24, 2.45) is 0 Å². The van der Waals surface area contributed by atoms with Crippen molar-refractivity contribution in [1.29, 1.82) is 0 Å². The maximum Gasteiger partial charge on any atom is 0.137 e. The minimum atomic E-state index is 0.521. The molecule has 5 nitrogen and oxygen atoms in total. The summed E-state index contributed by atoms with van der Waals surface area (Å²) in [5.41, 5.74) is 0. The van der Waals surface area contributed by atoms with Crippen LogP contribution in [0.3, 0.4) is 0 Å². The lowest BCUT2D eigenvalue weighted by Gasteiger charge is -2.38. The van der Waals surface area contributed by atoms with Crippen LogP contribution in [0.4, 0.5) is 0 Å². The molecule has 0 spiro atoms. The SMILES string of the molecule is c1ncn(C2CCCCCC2N2CCNCC2)n1. The second-order valence-electron chi connectivity index (χ2n) is 5.43. The van der Waals surface area contributed by atoms with Crippen LogP contribution in [0.5, 0.6) is 0 Å². The van der Waals surface area contributed by atoms with Gasteiger partial charge < -0.3 is 5.32 Å². The van der Waals surface area contributed by atoms with Crippen LogP contribution in [0.25, 0.3) is 0 Å². The molecule has 3 rings (SSSR count). The molecule has 18 heavy (non-hydrogen) atoms. The van der Waals surface area contributed by atoms with Gasteiger partial charge in [0.1, 0.15) is 12.7 Å². The van der Waals surface area contributed by atoms with E-state index in [1.165, 1.54) is 45.2 Å². The van der Waals surface area contributed by atoms with E-state index in [9.17, 15) is 0 Å². The molecule has 0 aromatic carbocycles. The summed E-state index contributed by atoms with van der Waals surface area (Å²) in [5, 5.41) is 7.83. The zero-order valence-corrected chi connectivity index (χ0v) is 11.0. The van der Waals surface area contributed by atoms with Crippen LogP contribution in [-0.4, -0.2) is 51.9 Å². The van der Waals surface area contributed by atoms with Crippen molar-refractivity contribution in [3.8, 4) is 0 Å². The first-order chi connectivity index (χ1) is 8.95. The maximum absolute atomic E-state index is 4.39. The van der Waals surface area contributed by atoms with Crippen LogP contribution in [0.1, 0.15) is 38.1 Å². The zero-order valence-electron chi connectivity index (χ0n) is 11.0. The summed E-state index contributed by atoms with van der Waals surface area (Å²) in [5.74, 6) is 0. The molecule has 0 radical (unpaired) electrons. The lowest BCUT2D eigenvalue weighted by molar-refractivity contribution is 0.115. The van der Waals surface area contributed by atoms with E-state index in [1.54, 1.807) is 6.33 Å². The number of hydrogen-bond acceptors (Lipinski definition) is 4. The lowest BCUT2D eigenvalue weighted by Crippen LogP contribution is -2.51. The maximum atomic E-state index is 4.39. The summed E-state index contributed by atoms with van der Waals surface area (Å²) >= 11 is 0. The number of rotatable bonds is 2. The van der Waals surface area contributed by atoms with Gasteiger partial charge in [-0.3, -0.25) is 4.90 Å². The minimum absolute atomic E-state index is 0.521. The third kappa shape index (κ3) is 2.57. The van der Waals surface area contributed by atoms with E-state index in [0.29, 0.717) is 12.1 Å². The molecule has 2 fully saturated rings. The Labute approximate surface area is 109 Å². The van der Waals surface area contributed by atoms with Crippen molar-refractivity contribution >= 4 is 0 Å². The first-order valence-corrected chi connectivity index (χ1v) is 7.24. The van der Waals surface area contributed by atoms with E-state index in [2.05, 4.69) is 25.0 Å². The van der Waals surface area contributed by atoms with E-state index in [4.69, 9.17) is 0 Å². The average molecular weight is 249 g/mol. The molecule has 100 valence electrons. The Balaban J connectivity index is 1.77. The zero-order chi connectivity index (χ0) is 12.2. The highest BCUT2D eigenvalue weighted by atomic mass is 15.4. The van der Waals surface area contributed by atoms with E-state index in [0.717, 1.165) is 13.1 Å². The highest BCUT2D eigenvalue weighted by Gasteiger charge is 2.31. The van der Waals surface area contributed by atoms with Crippen molar-refractivity contribution in [2.75, 3.05) is 26.2 Å². The molecule has 1 saturated heterocycles. The summed E-state index contributed by atoms with van der Waals surface area (Å²) in [7, 11) is 0. The Morgan fingerprint density at radius 1 is 1.00 bits per heavy atom. The fourth-order valence-electron chi connectivity index (χ4n) is 3.41. The summed E-state index contributed by atoms with van der Waals surface area (Å²) in [6.07, 6.45) is 10.2.